The number of ether oxygens (including phenoxy) is 1. The Labute approximate surface area is 94.4 Å². The van der Waals surface area contributed by atoms with Crippen LogP contribution in [0.1, 0.15) is 13.3 Å². The Bertz CT molecular complexity index is 428. The van der Waals surface area contributed by atoms with E-state index in [9.17, 15) is 0 Å². The summed E-state index contributed by atoms with van der Waals surface area (Å²) in [5.74, 6) is 1.55. The molecular formula is C12H13N3O. The molecule has 2 rings (SSSR count). The fourth-order valence-corrected chi connectivity index (χ4v) is 1.31. The number of hydrogen-bond donors (Lipinski definition) is 0. The summed E-state index contributed by atoms with van der Waals surface area (Å²) in [6.07, 6.45) is 3.99. The molecule has 0 amide bonds. The fourth-order valence-electron chi connectivity index (χ4n) is 1.31. The Kier molecular flexibility index (Phi) is 3.43. The molecule has 0 fully saturated rings. The van der Waals surface area contributed by atoms with Crippen molar-refractivity contribution in [1.29, 1.82) is 0 Å². The molecule has 1 aromatic carbocycles. The molecule has 0 aliphatic carbocycles. The summed E-state index contributed by atoms with van der Waals surface area (Å²) >= 11 is 0. The highest BCUT2D eigenvalue weighted by Gasteiger charge is 2.00. The van der Waals surface area contributed by atoms with Crippen LogP contribution in [-0.2, 0) is 0 Å². The lowest BCUT2D eigenvalue weighted by atomic mass is 10.2. The minimum Gasteiger partial charge on any atom is -0.494 e. The molecule has 4 nitrogen and oxygen atoms in total. The van der Waals surface area contributed by atoms with Crippen molar-refractivity contribution in [2.45, 2.75) is 13.3 Å². The molecule has 2 aromatic rings. The van der Waals surface area contributed by atoms with Gasteiger partial charge in [0.1, 0.15) is 18.4 Å². The van der Waals surface area contributed by atoms with E-state index in [0.29, 0.717) is 5.82 Å². The van der Waals surface area contributed by atoms with Gasteiger partial charge in [-0.25, -0.2) is 15.0 Å². The summed E-state index contributed by atoms with van der Waals surface area (Å²) in [7, 11) is 0. The first-order valence-corrected chi connectivity index (χ1v) is 5.25. The monoisotopic (exact) mass is 215 g/mol. The highest BCUT2D eigenvalue weighted by molar-refractivity contribution is 5.55. The lowest BCUT2D eigenvalue weighted by Gasteiger charge is -2.04. The van der Waals surface area contributed by atoms with Crippen LogP contribution in [0.3, 0.4) is 0 Å². The van der Waals surface area contributed by atoms with E-state index in [1.165, 1.54) is 12.7 Å². The highest BCUT2D eigenvalue weighted by Crippen LogP contribution is 2.18. The van der Waals surface area contributed by atoms with Crippen LogP contribution in [0, 0.1) is 0 Å². The number of nitrogens with zero attached hydrogens (tertiary/aromatic N) is 3. The first-order valence-electron chi connectivity index (χ1n) is 5.25. The van der Waals surface area contributed by atoms with Crippen molar-refractivity contribution in [2.75, 3.05) is 6.61 Å². The lowest BCUT2D eigenvalue weighted by molar-refractivity contribution is 0.317. The van der Waals surface area contributed by atoms with E-state index < -0.39 is 0 Å². The quantitative estimate of drug-likeness (QED) is 0.785. The van der Waals surface area contributed by atoms with Crippen LogP contribution >= 0.6 is 0 Å². The first-order chi connectivity index (χ1) is 7.90. The van der Waals surface area contributed by atoms with Crippen LogP contribution in [0.5, 0.6) is 5.75 Å². The summed E-state index contributed by atoms with van der Waals surface area (Å²) in [6.45, 7) is 2.82. The predicted molar refractivity (Wildman–Crippen MR) is 61.0 cm³/mol. The Hall–Kier alpha value is -1.97. The van der Waals surface area contributed by atoms with Crippen molar-refractivity contribution >= 4 is 0 Å². The van der Waals surface area contributed by atoms with Crippen LogP contribution in [0.15, 0.2) is 36.9 Å². The second-order valence-electron chi connectivity index (χ2n) is 3.33. The molecule has 0 saturated carbocycles. The molecule has 0 N–H and O–H groups in total. The molecule has 0 radical (unpaired) electrons. The normalized spacial score (nSPS) is 10.1. The van der Waals surface area contributed by atoms with Gasteiger partial charge < -0.3 is 4.74 Å². The van der Waals surface area contributed by atoms with Gasteiger partial charge in [0, 0.05) is 5.56 Å². The van der Waals surface area contributed by atoms with Gasteiger partial charge in [-0.05, 0) is 30.7 Å². The van der Waals surface area contributed by atoms with E-state index in [1.54, 1.807) is 0 Å². The zero-order chi connectivity index (χ0) is 11.2. The topological polar surface area (TPSA) is 47.9 Å². The van der Waals surface area contributed by atoms with Gasteiger partial charge in [0.15, 0.2) is 5.82 Å². The third-order valence-corrected chi connectivity index (χ3v) is 2.08. The van der Waals surface area contributed by atoms with Gasteiger partial charge in [-0.1, -0.05) is 6.92 Å². The van der Waals surface area contributed by atoms with Crippen molar-refractivity contribution < 1.29 is 4.74 Å². The summed E-state index contributed by atoms with van der Waals surface area (Å²) in [4.78, 5) is 11.9. The van der Waals surface area contributed by atoms with Gasteiger partial charge >= 0.3 is 0 Å². The molecule has 0 saturated heterocycles. The van der Waals surface area contributed by atoms with Gasteiger partial charge in [0.05, 0.1) is 6.61 Å². The SMILES string of the molecule is CCCOc1ccc(-c2ncncn2)cc1. The lowest BCUT2D eigenvalue weighted by Crippen LogP contribution is -1.95. The van der Waals surface area contributed by atoms with Gasteiger partial charge in [-0.2, -0.15) is 0 Å². The zero-order valence-corrected chi connectivity index (χ0v) is 9.13. The molecule has 0 aliphatic rings. The van der Waals surface area contributed by atoms with Crippen molar-refractivity contribution in [3.63, 3.8) is 0 Å². The summed E-state index contributed by atoms with van der Waals surface area (Å²) < 4.78 is 5.49. The van der Waals surface area contributed by atoms with Crippen molar-refractivity contribution in [2.24, 2.45) is 0 Å². The second kappa shape index (κ2) is 5.21. The van der Waals surface area contributed by atoms with Crippen molar-refractivity contribution in [1.82, 2.24) is 15.0 Å². The number of aromatic nitrogens is 3. The van der Waals surface area contributed by atoms with Crippen LogP contribution in [-0.4, -0.2) is 21.6 Å². The molecule has 1 aromatic heterocycles. The summed E-state index contributed by atoms with van der Waals surface area (Å²) in [6, 6.07) is 7.74. The largest absolute Gasteiger partial charge is 0.494 e. The Balaban J connectivity index is 2.13. The smallest absolute Gasteiger partial charge is 0.162 e. The molecule has 16 heavy (non-hydrogen) atoms. The minimum absolute atomic E-state index is 0.678. The van der Waals surface area contributed by atoms with Gasteiger partial charge in [0.25, 0.3) is 0 Å². The summed E-state index contributed by atoms with van der Waals surface area (Å²) in [5, 5.41) is 0. The molecule has 1 heterocycles. The van der Waals surface area contributed by atoms with E-state index >= 15 is 0 Å². The molecule has 0 aliphatic heterocycles. The molecule has 0 unspecified atom stereocenters. The Morgan fingerprint density at radius 3 is 2.38 bits per heavy atom. The maximum Gasteiger partial charge on any atom is 0.162 e. The maximum absolute atomic E-state index is 5.49. The van der Waals surface area contributed by atoms with Gasteiger partial charge in [0.2, 0.25) is 0 Å². The van der Waals surface area contributed by atoms with Crippen LogP contribution in [0.4, 0.5) is 0 Å². The van der Waals surface area contributed by atoms with Gasteiger partial charge in [-0.15, -0.1) is 0 Å². The molecule has 0 spiro atoms. The fraction of sp³-hybridized carbons (Fsp3) is 0.250. The van der Waals surface area contributed by atoms with E-state index in [2.05, 4.69) is 21.9 Å². The molecule has 0 atom stereocenters. The third kappa shape index (κ3) is 2.53. The van der Waals surface area contributed by atoms with Gasteiger partial charge in [-0.3, -0.25) is 0 Å². The average Bonchev–Trinajstić information content (AvgIpc) is 2.38. The maximum atomic E-state index is 5.49. The predicted octanol–water partition coefficient (Wildman–Crippen LogP) is 2.33. The van der Waals surface area contributed by atoms with Crippen LogP contribution < -0.4 is 4.74 Å². The number of benzene rings is 1. The number of rotatable bonds is 4. The molecule has 4 heteroatoms. The standard InChI is InChI=1S/C12H13N3O/c1-2-7-16-11-5-3-10(4-6-11)12-14-8-13-9-15-12/h3-6,8-9H,2,7H2,1H3. The highest BCUT2D eigenvalue weighted by atomic mass is 16.5. The molecular weight excluding hydrogens is 202 g/mol. The third-order valence-electron chi connectivity index (χ3n) is 2.08. The van der Waals surface area contributed by atoms with E-state index in [1.807, 2.05) is 24.3 Å². The van der Waals surface area contributed by atoms with Crippen LogP contribution in [0.2, 0.25) is 0 Å². The van der Waals surface area contributed by atoms with Crippen LogP contribution in [0.25, 0.3) is 11.4 Å². The average molecular weight is 215 g/mol. The second-order valence-corrected chi connectivity index (χ2v) is 3.33. The zero-order valence-electron chi connectivity index (χ0n) is 9.13. The number of hydrogen-bond acceptors (Lipinski definition) is 4. The first kappa shape index (κ1) is 10.5. The molecule has 82 valence electrons. The van der Waals surface area contributed by atoms with E-state index in [4.69, 9.17) is 4.74 Å². The minimum atomic E-state index is 0.678. The summed E-state index contributed by atoms with van der Waals surface area (Å²) in [5.41, 5.74) is 0.964. The van der Waals surface area contributed by atoms with Crippen molar-refractivity contribution in [3.8, 4) is 17.1 Å². The molecule has 0 bridgehead atoms. The Morgan fingerprint density at radius 2 is 1.75 bits per heavy atom. The van der Waals surface area contributed by atoms with E-state index in [-0.39, 0.29) is 0 Å². The van der Waals surface area contributed by atoms with Crippen molar-refractivity contribution in [3.05, 3.63) is 36.9 Å². The Morgan fingerprint density at radius 1 is 1.06 bits per heavy atom. The van der Waals surface area contributed by atoms with E-state index in [0.717, 1.165) is 24.3 Å².